The average molecular weight is 283 g/mol. The molecule has 1 aromatic heterocycles. The third-order valence-corrected chi connectivity index (χ3v) is 3.43. The first-order valence-electron chi connectivity index (χ1n) is 6.61. The zero-order valence-corrected chi connectivity index (χ0v) is 11.3. The molecule has 0 bridgehead atoms. The number of nitrogens with two attached hydrogens (primary N) is 1. The predicted molar refractivity (Wildman–Crippen MR) is 79.4 cm³/mol. The lowest BCUT2D eigenvalue weighted by atomic mass is 10.1. The van der Waals surface area contributed by atoms with Gasteiger partial charge in [0.2, 0.25) is 5.43 Å². The van der Waals surface area contributed by atoms with Crippen molar-refractivity contribution in [3.05, 3.63) is 75.8 Å². The van der Waals surface area contributed by atoms with Crippen molar-refractivity contribution in [2.45, 2.75) is 13.1 Å². The molecule has 0 radical (unpaired) electrons. The lowest BCUT2D eigenvalue weighted by molar-refractivity contribution is 0.586. The monoisotopic (exact) mass is 283 g/mol. The van der Waals surface area contributed by atoms with Crippen LogP contribution in [0.2, 0.25) is 0 Å². The van der Waals surface area contributed by atoms with Crippen LogP contribution in [0.25, 0.3) is 10.9 Å². The normalized spacial score (nSPS) is 11.0. The van der Waals surface area contributed by atoms with Gasteiger partial charge < -0.3 is 5.73 Å². The van der Waals surface area contributed by atoms with E-state index in [-0.39, 0.29) is 17.8 Å². The Morgan fingerprint density at radius 3 is 2.81 bits per heavy atom. The molecule has 0 atom stereocenters. The number of halogens is 1. The first kappa shape index (κ1) is 13.5. The number of para-hydroxylation sites is 1. The van der Waals surface area contributed by atoms with Gasteiger partial charge in [-0.25, -0.2) is 4.39 Å². The maximum Gasteiger partial charge on any atom is 0.207 e. The van der Waals surface area contributed by atoms with Crippen LogP contribution in [0, 0.1) is 5.82 Å². The van der Waals surface area contributed by atoms with Gasteiger partial charge >= 0.3 is 0 Å². The highest BCUT2D eigenvalue weighted by Gasteiger charge is 2.08. The van der Waals surface area contributed by atoms with Gasteiger partial charge in [-0.15, -0.1) is 0 Å². The van der Waals surface area contributed by atoms with Crippen molar-refractivity contribution in [3.8, 4) is 0 Å². The molecular formula is C16H14FN3O. The zero-order chi connectivity index (χ0) is 14.8. The van der Waals surface area contributed by atoms with Crippen LogP contribution in [0.3, 0.4) is 0 Å². The molecule has 0 aliphatic rings. The molecule has 0 saturated carbocycles. The highest BCUT2D eigenvalue weighted by molar-refractivity contribution is 5.77. The van der Waals surface area contributed by atoms with E-state index in [4.69, 9.17) is 5.73 Å². The van der Waals surface area contributed by atoms with E-state index < -0.39 is 0 Å². The Kier molecular flexibility index (Phi) is 3.50. The van der Waals surface area contributed by atoms with Gasteiger partial charge in [0.1, 0.15) is 5.82 Å². The summed E-state index contributed by atoms with van der Waals surface area (Å²) in [7, 11) is 0. The lowest BCUT2D eigenvalue weighted by Gasteiger charge is -2.11. The number of nitrogens with zero attached hydrogens (tertiary/aromatic N) is 2. The van der Waals surface area contributed by atoms with E-state index in [9.17, 15) is 9.18 Å². The molecule has 0 unspecified atom stereocenters. The van der Waals surface area contributed by atoms with E-state index in [1.807, 2.05) is 6.07 Å². The zero-order valence-electron chi connectivity index (χ0n) is 11.3. The second-order valence-corrected chi connectivity index (χ2v) is 4.81. The summed E-state index contributed by atoms with van der Waals surface area (Å²) in [5, 5.41) is 4.68. The Morgan fingerprint density at radius 2 is 2.00 bits per heavy atom. The Bertz CT molecular complexity index is 858. The first-order chi connectivity index (χ1) is 10.2. The molecule has 1 heterocycles. The highest BCUT2D eigenvalue weighted by Crippen LogP contribution is 2.14. The minimum atomic E-state index is -0.309. The summed E-state index contributed by atoms with van der Waals surface area (Å²) in [6.07, 6.45) is 1.26. The Labute approximate surface area is 120 Å². The van der Waals surface area contributed by atoms with Gasteiger partial charge in [0.05, 0.1) is 18.3 Å². The minimum absolute atomic E-state index is 0.141. The van der Waals surface area contributed by atoms with Crippen LogP contribution in [0.4, 0.5) is 4.39 Å². The average Bonchev–Trinajstić information content (AvgIpc) is 2.52. The van der Waals surface area contributed by atoms with E-state index in [1.54, 1.807) is 35.0 Å². The van der Waals surface area contributed by atoms with Gasteiger partial charge in [-0.3, -0.25) is 9.48 Å². The molecule has 3 rings (SSSR count). The van der Waals surface area contributed by atoms with Crippen LogP contribution in [0.1, 0.15) is 11.1 Å². The summed E-state index contributed by atoms with van der Waals surface area (Å²) < 4.78 is 15.5. The minimum Gasteiger partial charge on any atom is -0.326 e. The molecule has 2 aromatic carbocycles. The SMILES string of the molecule is NCc1ccc(F)c(Cn2ncc(=O)c3ccccc32)c1. The molecule has 0 aliphatic carbocycles. The molecule has 106 valence electrons. The van der Waals surface area contributed by atoms with E-state index in [0.29, 0.717) is 23.0 Å². The first-order valence-corrected chi connectivity index (χ1v) is 6.61. The maximum absolute atomic E-state index is 13.9. The summed E-state index contributed by atoms with van der Waals surface area (Å²) in [6.45, 7) is 0.603. The highest BCUT2D eigenvalue weighted by atomic mass is 19.1. The number of hydrogen-bond donors (Lipinski definition) is 1. The van der Waals surface area contributed by atoms with Crippen LogP contribution in [-0.2, 0) is 13.1 Å². The maximum atomic E-state index is 13.9. The molecule has 2 N–H and O–H groups in total. The van der Waals surface area contributed by atoms with Gasteiger partial charge in [-0.1, -0.05) is 18.2 Å². The van der Waals surface area contributed by atoms with Crippen molar-refractivity contribution in [2.75, 3.05) is 0 Å². The Balaban J connectivity index is 2.11. The third-order valence-electron chi connectivity index (χ3n) is 3.43. The summed E-state index contributed by atoms with van der Waals surface area (Å²) in [6, 6.07) is 12.0. The number of fused-ring (bicyclic) bond motifs is 1. The van der Waals surface area contributed by atoms with Crippen LogP contribution < -0.4 is 11.2 Å². The fourth-order valence-electron chi connectivity index (χ4n) is 2.32. The van der Waals surface area contributed by atoms with Gasteiger partial charge in [0.15, 0.2) is 0 Å². The van der Waals surface area contributed by atoms with Crippen LogP contribution in [0.5, 0.6) is 0 Å². The van der Waals surface area contributed by atoms with Crippen LogP contribution >= 0.6 is 0 Å². The quantitative estimate of drug-likeness (QED) is 0.800. The van der Waals surface area contributed by atoms with Gasteiger partial charge in [0.25, 0.3) is 0 Å². The standard InChI is InChI=1S/C16H14FN3O/c17-14-6-5-11(8-18)7-12(14)10-20-15-4-2-1-3-13(15)16(21)9-19-20/h1-7,9H,8,10,18H2. The molecule has 3 aromatic rings. The molecule has 5 heteroatoms. The van der Waals surface area contributed by atoms with E-state index in [0.717, 1.165) is 5.56 Å². The van der Waals surface area contributed by atoms with Crippen molar-refractivity contribution in [3.63, 3.8) is 0 Å². The number of hydrogen-bond acceptors (Lipinski definition) is 3. The summed E-state index contributed by atoms with van der Waals surface area (Å²) >= 11 is 0. The molecular weight excluding hydrogens is 269 g/mol. The fraction of sp³-hybridized carbons (Fsp3) is 0.125. The summed E-state index contributed by atoms with van der Waals surface area (Å²) in [5.74, 6) is -0.309. The van der Waals surface area contributed by atoms with Crippen molar-refractivity contribution in [1.82, 2.24) is 9.78 Å². The molecule has 0 aliphatic heterocycles. The van der Waals surface area contributed by atoms with E-state index >= 15 is 0 Å². The number of benzene rings is 2. The largest absolute Gasteiger partial charge is 0.326 e. The van der Waals surface area contributed by atoms with Crippen LogP contribution in [0.15, 0.2) is 53.5 Å². The third kappa shape index (κ3) is 2.55. The molecule has 0 fully saturated rings. The van der Waals surface area contributed by atoms with Gasteiger partial charge in [-0.05, 0) is 29.8 Å². The molecule has 4 nitrogen and oxygen atoms in total. The summed E-state index contributed by atoms with van der Waals surface area (Å²) in [4.78, 5) is 11.8. The second-order valence-electron chi connectivity index (χ2n) is 4.81. The van der Waals surface area contributed by atoms with E-state index in [1.165, 1.54) is 12.3 Å². The lowest BCUT2D eigenvalue weighted by Crippen LogP contribution is -2.14. The van der Waals surface area contributed by atoms with Crippen molar-refractivity contribution in [2.24, 2.45) is 5.73 Å². The van der Waals surface area contributed by atoms with Gasteiger partial charge in [0, 0.05) is 17.5 Å². The van der Waals surface area contributed by atoms with Crippen LogP contribution in [-0.4, -0.2) is 9.78 Å². The Morgan fingerprint density at radius 1 is 1.19 bits per heavy atom. The predicted octanol–water partition coefficient (Wildman–Crippen LogP) is 2.04. The van der Waals surface area contributed by atoms with Crippen molar-refractivity contribution >= 4 is 10.9 Å². The number of aromatic nitrogens is 2. The smallest absolute Gasteiger partial charge is 0.207 e. The van der Waals surface area contributed by atoms with Crippen molar-refractivity contribution < 1.29 is 4.39 Å². The molecule has 0 spiro atoms. The van der Waals surface area contributed by atoms with Gasteiger partial charge in [-0.2, -0.15) is 5.10 Å². The summed E-state index contributed by atoms with van der Waals surface area (Å²) in [5.41, 5.74) is 7.49. The topological polar surface area (TPSA) is 60.9 Å². The molecule has 21 heavy (non-hydrogen) atoms. The fourth-order valence-corrected chi connectivity index (χ4v) is 2.32. The van der Waals surface area contributed by atoms with Crippen molar-refractivity contribution in [1.29, 1.82) is 0 Å². The second kappa shape index (κ2) is 5.46. The molecule has 0 amide bonds. The molecule has 0 saturated heterocycles. The Hall–Kier alpha value is -2.53. The number of rotatable bonds is 3. The van der Waals surface area contributed by atoms with E-state index in [2.05, 4.69) is 5.10 Å².